The highest BCUT2D eigenvalue weighted by molar-refractivity contribution is 5.83. The van der Waals surface area contributed by atoms with Crippen LogP contribution in [0.2, 0.25) is 0 Å². The second kappa shape index (κ2) is 8.14. The summed E-state index contributed by atoms with van der Waals surface area (Å²) >= 11 is 0. The van der Waals surface area contributed by atoms with Gasteiger partial charge in [0, 0.05) is 24.2 Å². The van der Waals surface area contributed by atoms with Gasteiger partial charge < -0.3 is 20.8 Å². The van der Waals surface area contributed by atoms with Crippen molar-refractivity contribution < 1.29 is 20.8 Å². The molecule has 1 unspecified atom stereocenters. The Morgan fingerprint density at radius 2 is 2.15 bits per heavy atom. The number of aliphatic hydroxyl groups excluding tert-OH is 1. The summed E-state index contributed by atoms with van der Waals surface area (Å²) in [6.07, 6.45) is 5.62. The Morgan fingerprint density at radius 3 is 2.81 bits per heavy atom. The van der Waals surface area contributed by atoms with Gasteiger partial charge in [-0.2, -0.15) is 0 Å². The average molecular weight is 360 g/mol. The zero-order chi connectivity index (χ0) is 16.7. The fourth-order valence-electron chi connectivity index (χ4n) is 4.44. The summed E-state index contributed by atoms with van der Waals surface area (Å²) in [6, 6.07) is 7.96. The van der Waals surface area contributed by atoms with Gasteiger partial charge in [-0.1, -0.05) is 6.08 Å². The molecule has 6 heteroatoms. The topological polar surface area (TPSA) is 109 Å². The van der Waals surface area contributed by atoms with Crippen LogP contribution in [0.1, 0.15) is 24.5 Å². The first kappa shape index (κ1) is 20.3. The van der Waals surface area contributed by atoms with Gasteiger partial charge in [-0.25, -0.2) is 0 Å². The zero-order valence-electron chi connectivity index (χ0n) is 15.1. The SMILES string of the molecule is C=C[C@H]1CN2CC[C@@H]1C[C@@H]2[C@H](O)c1ccnc2ccc(OC)cc12.O.O. The third-order valence-corrected chi connectivity index (χ3v) is 5.82. The molecule has 0 amide bonds. The molecule has 5 atom stereocenters. The van der Waals surface area contributed by atoms with Crippen molar-refractivity contribution in [2.45, 2.75) is 25.0 Å². The minimum atomic E-state index is -0.504. The molecule has 4 heterocycles. The lowest BCUT2D eigenvalue weighted by Crippen LogP contribution is -2.54. The molecule has 5 N–H and O–H groups in total. The van der Waals surface area contributed by atoms with Crippen molar-refractivity contribution in [2.75, 3.05) is 20.2 Å². The predicted molar refractivity (Wildman–Crippen MR) is 102 cm³/mol. The van der Waals surface area contributed by atoms with Crippen molar-refractivity contribution in [3.8, 4) is 5.75 Å². The monoisotopic (exact) mass is 360 g/mol. The molecule has 5 rings (SSSR count). The average Bonchev–Trinajstić information content (AvgIpc) is 2.66. The summed E-state index contributed by atoms with van der Waals surface area (Å²) < 4.78 is 5.35. The van der Waals surface area contributed by atoms with Crippen molar-refractivity contribution in [3.63, 3.8) is 0 Å². The Morgan fingerprint density at radius 1 is 1.35 bits per heavy atom. The van der Waals surface area contributed by atoms with E-state index in [2.05, 4.69) is 22.5 Å². The van der Waals surface area contributed by atoms with Gasteiger partial charge in [-0.3, -0.25) is 9.88 Å². The molecule has 0 aliphatic carbocycles. The van der Waals surface area contributed by atoms with Gasteiger partial charge in [0.1, 0.15) is 5.75 Å². The number of ether oxygens (including phenoxy) is 1. The lowest BCUT2D eigenvalue weighted by atomic mass is 9.73. The quantitative estimate of drug-likeness (QED) is 0.834. The Labute approximate surface area is 153 Å². The van der Waals surface area contributed by atoms with Crippen LogP contribution in [0, 0.1) is 11.8 Å². The number of hydrogen-bond donors (Lipinski definition) is 1. The van der Waals surface area contributed by atoms with E-state index in [1.807, 2.05) is 24.3 Å². The van der Waals surface area contributed by atoms with Gasteiger partial charge in [0.15, 0.2) is 0 Å². The van der Waals surface area contributed by atoms with Gasteiger partial charge >= 0.3 is 0 Å². The van der Waals surface area contributed by atoms with E-state index in [1.165, 1.54) is 6.42 Å². The molecular formula is C20H28N2O4. The molecule has 6 nitrogen and oxygen atoms in total. The number of hydrogen-bond acceptors (Lipinski definition) is 4. The molecule has 142 valence electrons. The fourth-order valence-corrected chi connectivity index (χ4v) is 4.44. The van der Waals surface area contributed by atoms with Gasteiger partial charge in [0.25, 0.3) is 0 Å². The smallest absolute Gasteiger partial charge is 0.119 e. The number of aromatic nitrogens is 1. The number of piperidine rings is 3. The van der Waals surface area contributed by atoms with Crippen molar-refractivity contribution in [1.29, 1.82) is 0 Å². The van der Waals surface area contributed by atoms with Crippen molar-refractivity contribution in [3.05, 3.63) is 48.7 Å². The third-order valence-electron chi connectivity index (χ3n) is 5.82. The molecule has 3 fully saturated rings. The summed E-state index contributed by atoms with van der Waals surface area (Å²) in [5.74, 6) is 2.01. The van der Waals surface area contributed by atoms with E-state index < -0.39 is 6.10 Å². The maximum Gasteiger partial charge on any atom is 0.119 e. The van der Waals surface area contributed by atoms with Crippen molar-refractivity contribution in [2.24, 2.45) is 11.8 Å². The molecular weight excluding hydrogens is 332 g/mol. The second-order valence-electron chi connectivity index (χ2n) is 6.97. The van der Waals surface area contributed by atoms with Crippen LogP contribution in [0.25, 0.3) is 10.9 Å². The van der Waals surface area contributed by atoms with E-state index in [0.29, 0.717) is 11.8 Å². The van der Waals surface area contributed by atoms with Crippen LogP contribution < -0.4 is 4.74 Å². The van der Waals surface area contributed by atoms with Crippen LogP contribution in [0.3, 0.4) is 0 Å². The number of fused-ring (bicyclic) bond motifs is 4. The molecule has 1 aromatic heterocycles. The molecule has 2 bridgehead atoms. The second-order valence-corrected chi connectivity index (χ2v) is 6.97. The lowest BCUT2D eigenvalue weighted by molar-refractivity contribution is -0.0444. The van der Waals surface area contributed by atoms with Crippen LogP contribution in [0.5, 0.6) is 5.75 Å². The molecule has 3 aliphatic rings. The molecule has 1 aromatic carbocycles. The van der Waals surface area contributed by atoms with Crippen LogP contribution in [0.4, 0.5) is 0 Å². The van der Waals surface area contributed by atoms with E-state index >= 15 is 0 Å². The van der Waals surface area contributed by atoms with E-state index in [0.717, 1.165) is 41.7 Å². The minimum Gasteiger partial charge on any atom is -0.497 e. The Balaban J connectivity index is 0.00000121. The predicted octanol–water partition coefficient (Wildman–Crippen LogP) is 1.52. The number of methoxy groups -OCH3 is 1. The number of rotatable bonds is 4. The van der Waals surface area contributed by atoms with E-state index in [1.54, 1.807) is 13.3 Å². The summed E-state index contributed by atoms with van der Waals surface area (Å²) in [6.45, 7) is 6.07. The molecule has 0 saturated carbocycles. The first-order valence-corrected chi connectivity index (χ1v) is 8.68. The highest BCUT2D eigenvalue weighted by Gasteiger charge is 2.42. The number of pyridine rings is 1. The normalized spacial score (nSPS) is 27.9. The van der Waals surface area contributed by atoms with E-state index in [9.17, 15) is 5.11 Å². The summed E-state index contributed by atoms with van der Waals surface area (Å²) in [5.41, 5.74) is 1.85. The van der Waals surface area contributed by atoms with Crippen molar-refractivity contribution >= 4 is 10.9 Å². The van der Waals surface area contributed by atoms with Gasteiger partial charge in [0.2, 0.25) is 0 Å². The fraction of sp³-hybridized carbons (Fsp3) is 0.450. The van der Waals surface area contributed by atoms with E-state index in [4.69, 9.17) is 4.74 Å². The van der Waals surface area contributed by atoms with Crippen molar-refractivity contribution in [1.82, 2.24) is 9.88 Å². The van der Waals surface area contributed by atoms with Gasteiger partial charge in [0.05, 0.1) is 18.7 Å². The number of benzene rings is 1. The standard InChI is InChI=1S/C20H24N2O2.2H2O/c1-3-13-12-22-9-7-14(13)10-19(22)20(23)16-6-8-21-18-5-4-15(24-2)11-17(16)18;;/h3-6,8,11,13-14,19-20,23H,1,7,9-10,12H2,2H3;2*1H2/t13-,14+,19+,20+;;/m0../s1. The van der Waals surface area contributed by atoms with Crippen LogP contribution in [0.15, 0.2) is 43.1 Å². The summed E-state index contributed by atoms with van der Waals surface area (Å²) in [7, 11) is 1.66. The zero-order valence-corrected chi connectivity index (χ0v) is 15.1. The molecule has 0 spiro atoms. The van der Waals surface area contributed by atoms with E-state index in [-0.39, 0.29) is 17.0 Å². The molecule has 0 radical (unpaired) electrons. The molecule has 3 saturated heterocycles. The highest BCUT2D eigenvalue weighted by Crippen LogP contribution is 2.42. The van der Waals surface area contributed by atoms with Crippen LogP contribution in [-0.2, 0) is 0 Å². The summed E-state index contributed by atoms with van der Waals surface area (Å²) in [5, 5.41) is 12.1. The molecule has 2 aromatic rings. The lowest BCUT2D eigenvalue weighted by Gasteiger charge is -2.50. The first-order valence-electron chi connectivity index (χ1n) is 8.68. The Bertz CT molecular complexity index is 767. The number of aliphatic hydroxyl groups is 1. The Kier molecular flexibility index (Phi) is 6.36. The minimum absolute atomic E-state index is 0. The Hall–Kier alpha value is -1.99. The highest BCUT2D eigenvalue weighted by atomic mass is 16.5. The van der Waals surface area contributed by atoms with Gasteiger partial charge in [-0.05, 0) is 61.1 Å². The van der Waals surface area contributed by atoms with Gasteiger partial charge in [-0.15, -0.1) is 6.58 Å². The molecule has 3 aliphatic heterocycles. The van der Waals surface area contributed by atoms with Crippen LogP contribution >= 0.6 is 0 Å². The maximum absolute atomic E-state index is 11.2. The summed E-state index contributed by atoms with van der Waals surface area (Å²) in [4.78, 5) is 6.86. The molecule has 26 heavy (non-hydrogen) atoms. The maximum atomic E-state index is 11.2. The third kappa shape index (κ3) is 3.33. The number of nitrogens with zero attached hydrogens (tertiary/aromatic N) is 2. The first-order chi connectivity index (χ1) is 11.7. The van der Waals surface area contributed by atoms with Crippen LogP contribution in [-0.4, -0.2) is 52.2 Å². The largest absolute Gasteiger partial charge is 0.497 e.